The summed E-state index contributed by atoms with van der Waals surface area (Å²) in [6.07, 6.45) is 2.79. The molecule has 0 radical (unpaired) electrons. The Hall–Kier alpha value is -13.7. The summed E-state index contributed by atoms with van der Waals surface area (Å²) in [6.45, 7) is 19.6. The van der Waals surface area contributed by atoms with Gasteiger partial charge in [-0.15, -0.1) is 0 Å². The van der Waals surface area contributed by atoms with Crippen LogP contribution in [0.2, 0.25) is 0 Å². The maximum Gasteiger partial charge on any atom is 0.320 e. The zero-order valence-electron chi connectivity index (χ0n) is 74.0. The van der Waals surface area contributed by atoms with Crippen LogP contribution in [-0.2, 0) is 93.3 Å². The van der Waals surface area contributed by atoms with E-state index >= 15 is 0 Å². The normalized spacial score (nSPS) is 12.5. The predicted octanol–water partition coefficient (Wildman–Crippen LogP) is 18.7. The first-order valence-corrected chi connectivity index (χ1v) is 43.4. The van der Waals surface area contributed by atoms with Gasteiger partial charge in [0.1, 0.15) is 86.5 Å². The maximum absolute atomic E-state index is 11.6. The largest absolute Gasteiger partial charge is 0.489 e. The minimum absolute atomic E-state index is 0.127. The summed E-state index contributed by atoms with van der Waals surface area (Å²) < 4.78 is 61.0. The molecule has 0 unspecified atom stereocenters. The number of hydrogen-bond acceptors (Lipinski definition) is 19. The van der Waals surface area contributed by atoms with Crippen LogP contribution in [0.15, 0.2) is 267 Å². The first kappa shape index (κ1) is 93.0. The average molecular weight is 1740 g/mol. The Kier molecular flexibility index (Phi) is 33.3. The molecule has 15 rings (SSSR count). The minimum Gasteiger partial charge on any atom is -0.489 e. The Labute approximate surface area is 754 Å². The van der Waals surface area contributed by atoms with Gasteiger partial charge in [0.15, 0.2) is 23.0 Å². The van der Waals surface area contributed by atoms with E-state index < -0.39 is 36.0 Å². The lowest BCUT2D eigenvalue weighted by molar-refractivity contribution is -0.139. The van der Waals surface area contributed by atoms with Gasteiger partial charge in [-0.1, -0.05) is 240 Å². The van der Waals surface area contributed by atoms with E-state index in [4.69, 9.17) is 64.6 Å². The van der Waals surface area contributed by atoms with Gasteiger partial charge >= 0.3 is 17.9 Å². The number of carbonyl (C=O) groups is 3. The minimum atomic E-state index is -1.03. The fourth-order valence-corrected chi connectivity index (χ4v) is 15.5. The molecule has 13 aromatic rings. The number of carboxylic acid groups (broad SMARTS) is 3. The molecule has 23 heteroatoms. The van der Waals surface area contributed by atoms with Crippen molar-refractivity contribution >= 4 is 28.8 Å². The molecule has 0 spiro atoms. The summed E-state index contributed by atoms with van der Waals surface area (Å²) in [5, 5.41) is 29.5. The number of aryl methyl sites for hydroxylation is 6. The zero-order chi connectivity index (χ0) is 90.5. The third kappa shape index (κ3) is 27.4. The molecule has 0 aliphatic carbocycles. The van der Waals surface area contributed by atoms with Crippen LogP contribution in [-0.4, -0.2) is 104 Å². The van der Waals surface area contributed by atoms with Gasteiger partial charge in [-0.3, -0.25) is 29.1 Å². The fraction of sp³-hybridized carbons (Fsp3) is 0.274. The van der Waals surface area contributed by atoms with Crippen LogP contribution in [0.4, 0.5) is 0 Å². The van der Waals surface area contributed by atoms with Crippen LogP contribution in [0.5, 0.6) is 57.5 Å². The number of fused-ring (bicyclic) bond motifs is 3. The van der Waals surface area contributed by atoms with Crippen molar-refractivity contribution in [2.75, 3.05) is 33.2 Å². The van der Waals surface area contributed by atoms with Crippen LogP contribution in [0, 0.1) is 41.5 Å². The Bertz CT molecular complexity index is 5920. The highest BCUT2D eigenvalue weighted by molar-refractivity contribution is 5.85. The van der Waals surface area contributed by atoms with E-state index in [-0.39, 0.29) is 26.4 Å². The molecule has 3 heterocycles. The molecule has 670 valence electrons. The third-order valence-corrected chi connectivity index (χ3v) is 22.3. The second kappa shape index (κ2) is 46.2. The van der Waals surface area contributed by atoms with E-state index in [1.54, 1.807) is 0 Å². The Morgan fingerprint density at radius 3 is 1.04 bits per heavy atom. The number of nitrogens with two attached hydrogens (primary N) is 3. The number of hydrogen-bond donors (Lipinski definition) is 7. The number of carboxylic acids is 3. The van der Waals surface area contributed by atoms with Crippen molar-refractivity contribution in [1.82, 2.24) is 19.7 Å². The maximum atomic E-state index is 11.6. The first-order chi connectivity index (χ1) is 62.6. The summed E-state index contributed by atoms with van der Waals surface area (Å²) in [7, 11) is 0. The number of para-hydroxylation sites is 3. The molecule has 12 aromatic carbocycles. The lowest BCUT2D eigenvalue weighted by Crippen LogP contribution is -2.35. The molecule has 2 aliphatic rings. The quantitative estimate of drug-likeness (QED) is 0.0187. The molecule has 0 amide bonds. The van der Waals surface area contributed by atoms with Crippen LogP contribution >= 0.6 is 0 Å². The predicted molar refractivity (Wildman–Crippen MR) is 499 cm³/mol. The van der Waals surface area contributed by atoms with Gasteiger partial charge in [0.05, 0.1) is 5.56 Å². The number of rotatable bonds is 42. The van der Waals surface area contributed by atoms with Crippen LogP contribution in [0.25, 0.3) is 10.9 Å². The van der Waals surface area contributed by atoms with Crippen molar-refractivity contribution in [3.8, 4) is 57.5 Å². The van der Waals surface area contributed by atoms with Gasteiger partial charge in [0.2, 0.25) is 19.3 Å². The lowest BCUT2D eigenvalue weighted by atomic mass is 10.1. The lowest BCUT2D eigenvalue weighted by Gasteiger charge is -2.26. The third-order valence-electron chi connectivity index (χ3n) is 22.3. The summed E-state index contributed by atoms with van der Waals surface area (Å²) in [6, 6.07) is 84.1. The molecule has 23 nitrogen and oxygen atoms in total. The first-order valence-electron chi connectivity index (χ1n) is 43.4. The number of aromatic amines is 1. The molecule has 0 saturated heterocycles. The van der Waals surface area contributed by atoms with Crippen molar-refractivity contribution in [3.63, 3.8) is 0 Å². The molecular weight excluding hydrogens is 1630 g/mol. The van der Waals surface area contributed by atoms with Crippen molar-refractivity contribution in [2.45, 2.75) is 158 Å². The molecule has 3 atom stereocenters. The highest BCUT2D eigenvalue weighted by Gasteiger charge is 2.29. The van der Waals surface area contributed by atoms with Crippen LogP contribution < -0.4 is 64.6 Å². The molecule has 1 aromatic heterocycles. The second-order valence-corrected chi connectivity index (χ2v) is 32.9. The number of ether oxygens (including phenoxy) is 10. The smallest absolute Gasteiger partial charge is 0.320 e. The summed E-state index contributed by atoms with van der Waals surface area (Å²) >= 11 is 0. The molecule has 0 saturated carbocycles. The molecule has 2 aliphatic heterocycles. The summed E-state index contributed by atoms with van der Waals surface area (Å²) in [5.74, 6) is 3.90. The van der Waals surface area contributed by atoms with Gasteiger partial charge in [0.25, 0.3) is 0 Å². The number of aromatic nitrogens is 1. The Morgan fingerprint density at radius 1 is 0.333 bits per heavy atom. The van der Waals surface area contributed by atoms with Crippen molar-refractivity contribution < 1.29 is 77.1 Å². The van der Waals surface area contributed by atoms with E-state index in [0.29, 0.717) is 139 Å². The average Bonchev–Trinajstić information content (AvgIpc) is 1.73. The van der Waals surface area contributed by atoms with Crippen molar-refractivity contribution in [2.24, 2.45) is 17.2 Å². The Morgan fingerprint density at radius 2 is 0.651 bits per heavy atom. The number of H-pyrrole nitrogens is 1. The van der Waals surface area contributed by atoms with Gasteiger partial charge in [-0.05, 0) is 149 Å². The highest BCUT2D eigenvalue weighted by atomic mass is 16.7. The molecule has 0 fully saturated rings. The molecule has 10 N–H and O–H groups in total. The van der Waals surface area contributed by atoms with Crippen molar-refractivity contribution in [3.05, 3.63) is 367 Å². The standard InChI is InChI=1S/C36H39N3O4.2C35H38N2O6/c1-25-7-5-9-27(19-25)23-42-34-12-4-3-11-29(34)21-39(18-16-32(37)36(40)41)22-31-30-15-17-38-33(30)13-14-35(31)43-24-28-10-6-8-26(2)20-28;1-24-7-5-9-26(17-24)21-40-31-12-4-3-11-28(31)19-37(16-15-30(36)35(38)39)20-29-32(13-14-33-34(29)43-23-42-33)41-22-27-10-6-8-25(2)18-27;1-24-7-5-9-26(17-24)21-40-31-12-4-3-11-28(31)19-37(16-15-30(36)35(38)39)20-29-13-14-32-34(43-23-42-32)33(29)41-22-27-10-6-8-25(2)18-27/h3-15,17,19-20,32,38H,16,18,21-24,37H2,1-2H3,(H,40,41);2*3-14,17-18,30H,15-16,19-23,36H2,1-2H3,(H,38,39)/t32-;2*30-/m000/s1. The number of benzene rings is 12. The Balaban J connectivity index is 0.000000165. The number of nitrogens with zero attached hydrogens (tertiary/aromatic N) is 3. The van der Waals surface area contributed by atoms with E-state index in [1.165, 1.54) is 22.3 Å². The van der Waals surface area contributed by atoms with Gasteiger partial charge in [-0.2, -0.15) is 0 Å². The van der Waals surface area contributed by atoms with E-state index in [9.17, 15) is 29.7 Å². The summed E-state index contributed by atoms with van der Waals surface area (Å²) in [5.41, 5.74) is 38.1. The topological polar surface area (TPSA) is 308 Å². The van der Waals surface area contributed by atoms with Crippen LogP contribution in [0.3, 0.4) is 0 Å². The van der Waals surface area contributed by atoms with E-state index in [1.807, 2.05) is 183 Å². The molecule has 129 heavy (non-hydrogen) atoms. The molecular formula is C106H115N7O16. The zero-order valence-corrected chi connectivity index (χ0v) is 74.0. The fourth-order valence-electron chi connectivity index (χ4n) is 15.5. The second-order valence-electron chi connectivity index (χ2n) is 32.9. The van der Waals surface area contributed by atoms with Crippen LogP contribution in [0.1, 0.15) is 119 Å². The monoisotopic (exact) mass is 1740 g/mol. The number of nitrogens with one attached hydrogen (secondary N) is 1. The molecule has 0 bridgehead atoms. The summed E-state index contributed by atoms with van der Waals surface area (Å²) in [4.78, 5) is 44.5. The van der Waals surface area contributed by atoms with E-state index in [2.05, 4.69) is 145 Å². The number of aliphatic carboxylic acids is 3. The van der Waals surface area contributed by atoms with Crippen molar-refractivity contribution in [1.29, 1.82) is 0 Å². The van der Waals surface area contributed by atoms with Gasteiger partial charge in [0, 0.05) is 104 Å². The SMILES string of the molecule is Cc1cccc(COc2ccccc2CN(CC[C@H](N)C(=O)O)Cc2c(OCc3cccc(C)c3)ccc3[nH]ccc23)c1.Cc1cccc(COc2ccccc2CN(CC[C@H](N)C(=O)O)Cc2c(OCc3cccc(C)c3)ccc3c2OCO3)c1.Cc1cccc(COc2ccccc2CN(CC[C@H](N)C(=O)O)Cc2ccc3c(c2OCc2cccc(C)c2)OCO3)c1. The van der Waals surface area contributed by atoms with E-state index in [0.717, 1.165) is 112 Å². The van der Waals surface area contributed by atoms with Gasteiger partial charge < -0.3 is 84.9 Å². The highest BCUT2D eigenvalue weighted by Crippen LogP contribution is 2.46. The van der Waals surface area contributed by atoms with Gasteiger partial charge in [-0.25, -0.2) is 0 Å².